The van der Waals surface area contributed by atoms with Gasteiger partial charge in [0.25, 0.3) is 0 Å². The first-order valence-electron chi connectivity index (χ1n) is 16.5. The van der Waals surface area contributed by atoms with Gasteiger partial charge in [-0.15, -0.1) is 0 Å². The molecule has 0 bridgehead atoms. The molecular weight excluding hydrogens is 648 g/mol. The number of sulfonamides is 1. The fourth-order valence-corrected chi connectivity index (χ4v) is 7.76. The molecule has 4 aromatic rings. The van der Waals surface area contributed by atoms with Crippen LogP contribution in [-0.2, 0) is 26.0 Å². The topological polar surface area (TPSA) is 202 Å². The molecule has 1 atom stereocenters. The molecule has 49 heavy (non-hydrogen) atoms. The maximum Gasteiger partial charge on any atom is 0.404 e. The molecule has 2 aliphatic carbocycles. The van der Waals surface area contributed by atoms with Crippen molar-refractivity contribution in [3.63, 3.8) is 0 Å². The zero-order valence-corrected chi connectivity index (χ0v) is 27.9. The van der Waals surface area contributed by atoms with Crippen molar-refractivity contribution in [1.29, 1.82) is 0 Å². The number of H-pyrrole nitrogens is 2. The molecule has 6 rings (SSSR count). The maximum absolute atomic E-state index is 13.7. The van der Waals surface area contributed by atoms with E-state index in [-0.39, 0.29) is 40.8 Å². The number of aromatic nitrogens is 2. The summed E-state index contributed by atoms with van der Waals surface area (Å²) in [4.78, 5) is 55.3. The highest BCUT2D eigenvalue weighted by Crippen LogP contribution is 2.30. The molecule has 0 saturated heterocycles. The molecule has 2 aliphatic rings. The van der Waals surface area contributed by atoms with Crippen molar-refractivity contribution < 1.29 is 27.9 Å². The Morgan fingerprint density at radius 2 is 1.61 bits per heavy atom. The third-order valence-electron chi connectivity index (χ3n) is 9.29. The summed E-state index contributed by atoms with van der Waals surface area (Å²) in [7, 11) is -3.57. The van der Waals surface area contributed by atoms with Crippen LogP contribution in [0.1, 0.15) is 49.7 Å². The summed E-state index contributed by atoms with van der Waals surface area (Å²) in [6.07, 6.45) is 3.45. The maximum atomic E-state index is 13.7. The van der Waals surface area contributed by atoms with E-state index in [0.717, 1.165) is 35.1 Å². The average molecular weight is 689 g/mol. The van der Waals surface area contributed by atoms with Crippen LogP contribution < -0.4 is 26.4 Å². The molecule has 3 amide bonds. The van der Waals surface area contributed by atoms with Gasteiger partial charge < -0.3 is 31.0 Å². The number of hydrogen-bond acceptors (Lipinski definition) is 6. The average Bonchev–Trinajstić information content (AvgIpc) is 3.80. The minimum Gasteiger partial charge on any atom is -0.465 e. The van der Waals surface area contributed by atoms with Gasteiger partial charge in [-0.2, -0.15) is 0 Å². The Morgan fingerprint density at radius 3 is 2.29 bits per heavy atom. The molecule has 14 heteroatoms. The lowest BCUT2D eigenvalue weighted by molar-refractivity contribution is -0.130. The zero-order chi connectivity index (χ0) is 34.7. The number of carboxylic acid groups (broad SMARTS) is 1. The zero-order valence-electron chi connectivity index (χ0n) is 27.0. The largest absolute Gasteiger partial charge is 0.465 e. The Labute approximate surface area is 283 Å². The Hall–Kier alpha value is -4.95. The van der Waals surface area contributed by atoms with Crippen LogP contribution in [0, 0.1) is 18.8 Å². The van der Waals surface area contributed by atoms with Crippen molar-refractivity contribution in [3.05, 3.63) is 82.3 Å². The molecule has 0 spiro atoms. The summed E-state index contributed by atoms with van der Waals surface area (Å²) >= 11 is 0. The second-order valence-corrected chi connectivity index (χ2v) is 14.8. The van der Waals surface area contributed by atoms with Gasteiger partial charge in [0.05, 0.1) is 15.9 Å². The van der Waals surface area contributed by atoms with Crippen molar-refractivity contribution >= 4 is 44.7 Å². The van der Waals surface area contributed by atoms with E-state index >= 15 is 0 Å². The number of carbonyl (C=O) groups excluding carboxylic acids is 2. The highest BCUT2D eigenvalue weighted by molar-refractivity contribution is 7.89. The van der Waals surface area contributed by atoms with Crippen LogP contribution in [0.2, 0.25) is 0 Å². The fourth-order valence-electron chi connectivity index (χ4n) is 6.37. The van der Waals surface area contributed by atoms with Gasteiger partial charge in [0.2, 0.25) is 21.8 Å². The van der Waals surface area contributed by atoms with Crippen molar-refractivity contribution in [2.75, 3.05) is 11.9 Å². The van der Waals surface area contributed by atoms with Crippen LogP contribution in [-0.4, -0.2) is 60.0 Å². The van der Waals surface area contributed by atoms with Gasteiger partial charge in [-0.05, 0) is 104 Å². The third-order valence-corrected chi connectivity index (χ3v) is 10.8. The predicted molar refractivity (Wildman–Crippen MR) is 185 cm³/mol. The third kappa shape index (κ3) is 8.56. The quantitative estimate of drug-likeness (QED) is 0.116. The van der Waals surface area contributed by atoms with Crippen molar-refractivity contribution in [1.82, 2.24) is 25.3 Å². The Balaban J connectivity index is 1.16. The van der Waals surface area contributed by atoms with Gasteiger partial charge >= 0.3 is 11.8 Å². The number of aryl methyl sites for hydroxylation is 1. The van der Waals surface area contributed by atoms with Gasteiger partial charge in [-0.1, -0.05) is 30.3 Å². The van der Waals surface area contributed by atoms with Crippen molar-refractivity contribution in [2.24, 2.45) is 11.8 Å². The van der Waals surface area contributed by atoms with Crippen molar-refractivity contribution in [3.8, 4) is 11.1 Å². The van der Waals surface area contributed by atoms with Crippen LogP contribution in [0.4, 0.5) is 10.5 Å². The molecule has 0 radical (unpaired) electrons. The molecular formula is C35H40N6O7S. The molecule has 0 aliphatic heterocycles. The molecule has 258 valence electrons. The summed E-state index contributed by atoms with van der Waals surface area (Å²) < 4.78 is 28.1. The van der Waals surface area contributed by atoms with E-state index in [1.807, 2.05) is 31.2 Å². The van der Waals surface area contributed by atoms with Gasteiger partial charge in [0.1, 0.15) is 6.04 Å². The minimum absolute atomic E-state index is 0.0182. The van der Waals surface area contributed by atoms with Gasteiger partial charge in [-0.3, -0.25) is 9.59 Å². The monoisotopic (exact) mass is 688 g/mol. The van der Waals surface area contributed by atoms with Crippen LogP contribution >= 0.6 is 0 Å². The smallest absolute Gasteiger partial charge is 0.404 e. The van der Waals surface area contributed by atoms with E-state index in [4.69, 9.17) is 5.11 Å². The van der Waals surface area contributed by atoms with E-state index < -0.39 is 28.1 Å². The Bertz CT molecular complexity index is 2030. The summed E-state index contributed by atoms with van der Waals surface area (Å²) in [6, 6.07) is 16.8. The van der Waals surface area contributed by atoms with Crippen LogP contribution in [0.3, 0.4) is 0 Å². The number of carbonyl (C=O) groups is 3. The SMILES string of the molecule is Cc1cc(S(=O)(=O)NC2CC2)ccc1-c1ccc(C[C@H](NC(=O)C2CCC(CNC(=O)O)CC2)C(=O)Nc2ccc3[nH]c(=O)[nH]c3c2)cc1. The predicted octanol–water partition coefficient (Wildman–Crippen LogP) is 4.01. The van der Waals surface area contributed by atoms with E-state index in [2.05, 4.69) is 30.6 Å². The number of anilines is 1. The number of fused-ring (bicyclic) bond motifs is 1. The van der Waals surface area contributed by atoms with Crippen LogP contribution in [0.5, 0.6) is 0 Å². The van der Waals surface area contributed by atoms with Gasteiger partial charge in [-0.25, -0.2) is 22.7 Å². The molecule has 0 unspecified atom stereocenters. The van der Waals surface area contributed by atoms with Crippen LogP contribution in [0.15, 0.2) is 70.4 Å². The Kier molecular flexibility index (Phi) is 9.88. The molecule has 2 fully saturated rings. The lowest BCUT2D eigenvalue weighted by Gasteiger charge is -2.29. The van der Waals surface area contributed by atoms with Gasteiger partial charge in [0.15, 0.2) is 0 Å². The standard InChI is InChI=1S/C35H40N6O7S/c1-20-16-27(49(47,48)41-25-10-11-25)13-14-28(20)23-6-2-21(3-7-23)17-31(33(43)37-26-12-15-29-30(18-26)40-34(44)39-29)38-32(42)24-8-4-22(5-9-24)19-36-35(45)46/h2-3,6-7,12-16,18,22,24-25,31,36,41H,4-5,8-11,17,19H2,1H3,(H,37,43)(H,38,42)(H,45,46)(H2,39,40,44)/t22?,24?,31-/m0/s1. The van der Waals surface area contributed by atoms with E-state index in [1.54, 1.807) is 36.4 Å². The molecule has 1 aromatic heterocycles. The lowest BCUT2D eigenvalue weighted by Crippen LogP contribution is -2.48. The summed E-state index contributed by atoms with van der Waals surface area (Å²) in [6.45, 7) is 2.22. The van der Waals surface area contributed by atoms with E-state index in [0.29, 0.717) is 48.9 Å². The molecule has 3 aromatic carbocycles. The molecule has 1 heterocycles. The fraction of sp³-hybridized carbons (Fsp3) is 0.371. The highest BCUT2D eigenvalue weighted by Gasteiger charge is 2.31. The van der Waals surface area contributed by atoms with E-state index in [1.165, 1.54) is 0 Å². The van der Waals surface area contributed by atoms with Gasteiger partial charge in [0, 0.05) is 30.6 Å². The Morgan fingerprint density at radius 1 is 0.898 bits per heavy atom. The second-order valence-electron chi connectivity index (χ2n) is 13.1. The second kappa shape index (κ2) is 14.3. The van der Waals surface area contributed by atoms with E-state index in [9.17, 15) is 27.6 Å². The summed E-state index contributed by atoms with van der Waals surface area (Å²) in [5.74, 6) is -0.777. The molecule has 7 N–H and O–H groups in total. The first kappa shape index (κ1) is 33.9. The molecule has 13 nitrogen and oxygen atoms in total. The first-order chi connectivity index (χ1) is 23.4. The summed E-state index contributed by atoms with van der Waals surface area (Å²) in [5, 5.41) is 17.2. The molecule has 2 saturated carbocycles. The minimum atomic E-state index is -3.57. The normalized spacial score (nSPS) is 18.5. The highest BCUT2D eigenvalue weighted by atomic mass is 32.2. The number of aromatic amines is 2. The lowest BCUT2D eigenvalue weighted by atomic mass is 9.81. The first-order valence-corrected chi connectivity index (χ1v) is 17.9. The number of rotatable bonds is 12. The number of imidazole rings is 1. The number of amides is 3. The number of nitrogens with one attached hydrogen (secondary N) is 6. The number of hydrogen-bond donors (Lipinski definition) is 7. The van der Waals surface area contributed by atoms with Crippen molar-refractivity contribution in [2.45, 2.75) is 68.8 Å². The number of benzene rings is 3. The summed E-state index contributed by atoms with van der Waals surface area (Å²) in [5.41, 5.74) is 4.62. The van der Waals surface area contributed by atoms with Crippen LogP contribution in [0.25, 0.3) is 22.2 Å².